The first-order valence-electron chi connectivity index (χ1n) is 6.53. The van der Waals surface area contributed by atoms with Gasteiger partial charge in [0.15, 0.2) is 0 Å². The van der Waals surface area contributed by atoms with Crippen molar-refractivity contribution in [3.8, 4) is 11.8 Å². The molecular formula is C15H17N5O. The molecule has 6 nitrogen and oxygen atoms in total. The number of hydrogen-bond acceptors (Lipinski definition) is 4. The normalized spacial score (nSPS) is 9.86. The van der Waals surface area contributed by atoms with E-state index in [0.717, 1.165) is 11.3 Å². The zero-order valence-corrected chi connectivity index (χ0v) is 12.1. The first kappa shape index (κ1) is 14.8. The Hall–Kier alpha value is -2.65. The van der Waals surface area contributed by atoms with Crippen LogP contribution in [0.5, 0.6) is 0 Å². The van der Waals surface area contributed by atoms with Gasteiger partial charge in [-0.15, -0.1) is 0 Å². The summed E-state index contributed by atoms with van der Waals surface area (Å²) in [4.78, 5) is 16.3. The lowest BCUT2D eigenvalue weighted by molar-refractivity contribution is 0.0945. The molecule has 0 saturated carbocycles. The van der Waals surface area contributed by atoms with Crippen molar-refractivity contribution in [3.05, 3.63) is 47.0 Å². The number of aromatic nitrogens is 3. The SMILES string of the molecule is Cc1c(CNC(=O)c2ncccc2C#CCN)cnn1C. The van der Waals surface area contributed by atoms with Crippen molar-refractivity contribution in [2.24, 2.45) is 12.8 Å². The molecule has 0 aliphatic carbocycles. The number of nitrogens with one attached hydrogen (secondary N) is 1. The van der Waals surface area contributed by atoms with Crippen LogP contribution in [0.1, 0.15) is 27.3 Å². The third-order valence-electron chi connectivity index (χ3n) is 3.12. The molecule has 2 heterocycles. The van der Waals surface area contributed by atoms with E-state index in [9.17, 15) is 4.79 Å². The maximum Gasteiger partial charge on any atom is 0.271 e. The minimum Gasteiger partial charge on any atom is -0.346 e. The molecule has 2 rings (SSSR count). The van der Waals surface area contributed by atoms with Gasteiger partial charge in [-0.2, -0.15) is 5.10 Å². The van der Waals surface area contributed by atoms with Crippen molar-refractivity contribution in [2.45, 2.75) is 13.5 Å². The second-order valence-corrected chi connectivity index (χ2v) is 4.47. The molecule has 0 aromatic carbocycles. The molecule has 21 heavy (non-hydrogen) atoms. The molecular weight excluding hydrogens is 266 g/mol. The maximum absolute atomic E-state index is 12.2. The number of carbonyl (C=O) groups excluding carboxylic acids is 1. The summed E-state index contributed by atoms with van der Waals surface area (Å²) in [6.07, 6.45) is 3.31. The van der Waals surface area contributed by atoms with E-state index in [4.69, 9.17) is 5.73 Å². The summed E-state index contributed by atoms with van der Waals surface area (Å²) >= 11 is 0. The zero-order chi connectivity index (χ0) is 15.2. The highest BCUT2D eigenvalue weighted by Crippen LogP contribution is 2.07. The van der Waals surface area contributed by atoms with Crippen LogP contribution in [0.4, 0.5) is 0 Å². The van der Waals surface area contributed by atoms with Gasteiger partial charge in [-0.3, -0.25) is 9.48 Å². The molecule has 0 radical (unpaired) electrons. The molecule has 0 atom stereocenters. The number of aryl methyl sites for hydroxylation is 1. The topological polar surface area (TPSA) is 85.8 Å². The van der Waals surface area contributed by atoms with Gasteiger partial charge >= 0.3 is 0 Å². The number of rotatable bonds is 3. The van der Waals surface area contributed by atoms with Crippen LogP contribution in [0.3, 0.4) is 0 Å². The van der Waals surface area contributed by atoms with Crippen molar-refractivity contribution in [1.82, 2.24) is 20.1 Å². The summed E-state index contributed by atoms with van der Waals surface area (Å²) in [6, 6.07) is 3.49. The summed E-state index contributed by atoms with van der Waals surface area (Å²) < 4.78 is 1.76. The monoisotopic (exact) mass is 283 g/mol. The van der Waals surface area contributed by atoms with Gasteiger partial charge in [0.25, 0.3) is 5.91 Å². The predicted octanol–water partition coefficient (Wildman–Crippen LogP) is 0.364. The summed E-state index contributed by atoms with van der Waals surface area (Å²) in [5.41, 5.74) is 8.21. The second-order valence-electron chi connectivity index (χ2n) is 4.47. The molecule has 6 heteroatoms. The first-order valence-corrected chi connectivity index (χ1v) is 6.53. The third-order valence-corrected chi connectivity index (χ3v) is 3.12. The summed E-state index contributed by atoms with van der Waals surface area (Å²) in [5.74, 6) is 5.32. The predicted molar refractivity (Wildman–Crippen MR) is 79.3 cm³/mol. The van der Waals surface area contributed by atoms with Crippen molar-refractivity contribution in [2.75, 3.05) is 6.54 Å². The Bertz CT molecular complexity index is 708. The largest absolute Gasteiger partial charge is 0.346 e. The quantitative estimate of drug-likeness (QED) is 0.797. The van der Waals surface area contributed by atoms with Gasteiger partial charge in [-0.05, 0) is 19.1 Å². The third kappa shape index (κ3) is 3.46. The Morgan fingerprint density at radius 1 is 1.52 bits per heavy atom. The van der Waals surface area contributed by atoms with Crippen molar-refractivity contribution in [3.63, 3.8) is 0 Å². The van der Waals surface area contributed by atoms with E-state index in [2.05, 4.69) is 27.2 Å². The van der Waals surface area contributed by atoms with Crippen LogP contribution in [-0.2, 0) is 13.6 Å². The lowest BCUT2D eigenvalue weighted by Gasteiger charge is -2.06. The molecule has 0 aliphatic heterocycles. The fraction of sp³-hybridized carbons (Fsp3) is 0.267. The zero-order valence-electron chi connectivity index (χ0n) is 12.1. The standard InChI is InChI=1S/C15H17N5O/c1-11-13(10-19-20(11)2)9-18-15(21)14-12(5-3-7-16)6-4-8-17-14/h4,6,8,10H,7,9,16H2,1-2H3,(H,18,21). The Kier molecular flexibility index (Phi) is 4.69. The average Bonchev–Trinajstić information content (AvgIpc) is 2.82. The molecule has 0 saturated heterocycles. The minimum atomic E-state index is -0.264. The molecule has 2 aromatic rings. The minimum absolute atomic E-state index is 0.241. The first-order chi connectivity index (χ1) is 10.1. The highest BCUT2D eigenvalue weighted by Gasteiger charge is 2.12. The lowest BCUT2D eigenvalue weighted by Crippen LogP contribution is -2.25. The smallest absolute Gasteiger partial charge is 0.271 e. The highest BCUT2D eigenvalue weighted by atomic mass is 16.1. The second kappa shape index (κ2) is 6.68. The van der Waals surface area contributed by atoms with Crippen molar-refractivity contribution < 1.29 is 4.79 Å². The number of amides is 1. The number of hydrogen-bond donors (Lipinski definition) is 2. The Balaban J connectivity index is 2.12. The molecule has 0 aliphatic rings. The van der Waals surface area contributed by atoms with E-state index in [-0.39, 0.29) is 12.5 Å². The number of carbonyl (C=O) groups is 1. The van der Waals surface area contributed by atoms with Gasteiger partial charge in [0.05, 0.1) is 18.3 Å². The van der Waals surface area contributed by atoms with Crippen LogP contribution in [0.2, 0.25) is 0 Å². The van der Waals surface area contributed by atoms with Crippen LogP contribution in [0.25, 0.3) is 0 Å². The molecule has 0 spiro atoms. The summed E-state index contributed by atoms with van der Waals surface area (Å²) in [6.45, 7) is 2.59. The van der Waals surface area contributed by atoms with E-state index in [0.29, 0.717) is 17.8 Å². The molecule has 0 unspecified atom stereocenters. The summed E-state index contributed by atoms with van der Waals surface area (Å²) in [5, 5.41) is 6.97. The van der Waals surface area contributed by atoms with Crippen LogP contribution in [0, 0.1) is 18.8 Å². The van der Waals surface area contributed by atoms with Gasteiger partial charge < -0.3 is 11.1 Å². The van der Waals surface area contributed by atoms with E-state index < -0.39 is 0 Å². The highest BCUT2D eigenvalue weighted by molar-refractivity contribution is 5.94. The molecule has 0 fully saturated rings. The molecule has 1 amide bonds. The fourth-order valence-corrected chi connectivity index (χ4v) is 1.81. The lowest BCUT2D eigenvalue weighted by atomic mass is 10.2. The van der Waals surface area contributed by atoms with Crippen LogP contribution in [0.15, 0.2) is 24.5 Å². The van der Waals surface area contributed by atoms with E-state index >= 15 is 0 Å². The van der Waals surface area contributed by atoms with Gasteiger partial charge in [-0.25, -0.2) is 4.98 Å². The Morgan fingerprint density at radius 2 is 2.33 bits per heavy atom. The Morgan fingerprint density at radius 3 is 3.00 bits per heavy atom. The van der Waals surface area contributed by atoms with Crippen molar-refractivity contribution >= 4 is 5.91 Å². The number of nitrogens with two attached hydrogens (primary N) is 1. The molecule has 2 aromatic heterocycles. The van der Waals surface area contributed by atoms with E-state index in [1.165, 1.54) is 0 Å². The molecule has 108 valence electrons. The maximum atomic E-state index is 12.2. The van der Waals surface area contributed by atoms with Crippen molar-refractivity contribution in [1.29, 1.82) is 0 Å². The molecule has 0 bridgehead atoms. The van der Waals surface area contributed by atoms with E-state index in [1.807, 2.05) is 14.0 Å². The Labute approximate surface area is 123 Å². The number of pyridine rings is 1. The summed E-state index contributed by atoms with van der Waals surface area (Å²) in [7, 11) is 1.86. The fourth-order valence-electron chi connectivity index (χ4n) is 1.81. The van der Waals surface area contributed by atoms with Crippen LogP contribution >= 0.6 is 0 Å². The van der Waals surface area contributed by atoms with Gasteiger partial charge in [0.1, 0.15) is 5.69 Å². The molecule has 3 N–H and O–H groups in total. The average molecular weight is 283 g/mol. The van der Waals surface area contributed by atoms with Gasteiger partial charge in [0, 0.05) is 31.0 Å². The van der Waals surface area contributed by atoms with Gasteiger partial charge in [-0.1, -0.05) is 11.8 Å². The van der Waals surface area contributed by atoms with Crippen LogP contribution in [-0.4, -0.2) is 27.2 Å². The van der Waals surface area contributed by atoms with Gasteiger partial charge in [0.2, 0.25) is 0 Å². The number of nitrogens with zero attached hydrogens (tertiary/aromatic N) is 3. The van der Waals surface area contributed by atoms with Crippen LogP contribution < -0.4 is 11.1 Å². The van der Waals surface area contributed by atoms with E-state index in [1.54, 1.807) is 29.2 Å².